The van der Waals surface area contributed by atoms with Crippen LogP contribution in [0, 0.1) is 0 Å². The van der Waals surface area contributed by atoms with E-state index in [0.29, 0.717) is 5.95 Å². The molecule has 28 heavy (non-hydrogen) atoms. The van der Waals surface area contributed by atoms with E-state index in [-0.39, 0.29) is 0 Å². The van der Waals surface area contributed by atoms with Crippen molar-refractivity contribution in [2.24, 2.45) is 0 Å². The van der Waals surface area contributed by atoms with E-state index in [1.165, 1.54) is 0 Å². The number of hydrogen-bond donors (Lipinski definition) is 1. The summed E-state index contributed by atoms with van der Waals surface area (Å²) in [6, 6.07) is 21.9. The fraction of sp³-hybridized carbons (Fsp3) is 0.0455. The third kappa shape index (κ3) is 2.72. The number of nitrogens with one attached hydrogen (secondary N) is 1. The molecule has 0 fully saturated rings. The van der Waals surface area contributed by atoms with Gasteiger partial charge in [0.05, 0.1) is 35.7 Å². The number of pyridine rings is 1. The van der Waals surface area contributed by atoms with Crippen molar-refractivity contribution >= 4 is 28.1 Å². The number of para-hydroxylation sites is 2. The quantitative estimate of drug-likeness (QED) is 0.499. The summed E-state index contributed by atoms with van der Waals surface area (Å²) in [5.74, 6) is 1.30. The first kappa shape index (κ1) is 16.3. The summed E-state index contributed by atoms with van der Waals surface area (Å²) < 4.78 is 7.38. The van der Waals surface area contributed by atoms with Gasteiger partial charge in [0.2, 0.25) is 5.95 Å². The number of ether oxygens (including phenoxy) is 1. The normalized spacial score (nSPS) is 11.0. The maximum atomic E-state index is 5.51. The van der Waals surface area contributed by atoms with Crippen molar-refractivity contribution in [3.05, 3.63) is 79.1 Å². The highest BCUT2D eigenvalue weighted by Gasteiger charge is 2.12. The average Bonchev–Trinajstić information content (AvgIpc) is 3.17. The van der Waals surface area contributed by atoms with E-state index in [1.54, 1.807) is 19.5 Å². The Morgan fingerprint density at radius 2 is 1.79 bits per heavy atom. The summed E-state index contributed by atoms with van der Waals surface area (Å²) >= 11 is 0. The molecular formula is C22H17N5O. The molecule has 5 rings (SSSR count). The molecular weight excluding hydrogens is 350 g/mol. The van der Waals surface area contributed by atoms with Crippen molar-refractivity contribution in [3.63, 3.8) is 0 Å². The Labute approximate surface area is 161 Å². The molecule has 0 unspecified atom stereocenters. The Morgan fingerprint density at radius 3 is 2.71 bits per heavy atom. The molecule has 0 bridgehead atoms. The van der Waals surface area contributed by atoms with E-state index in [1.807, 2.05) is 71.2 Å². The van der Waals surface area contributed by atoms with Crippen molar-refractivity contribution in [2.45, 2.75) is 0 Å². The molecule has 0 saturated carbocycles. The van der Waals surface area contributed by atoms with Crippen molar-refractivity contribution in [3.8, 4) is 17.0 Å². The topological polar surface area (TPSA) is 64.3 Å². The van der Waals surface area contributed by atoms with Gasteiger partial charge in [-0.2, -0.15) is 0 Å². The lowest BCUT2D eigenvalue weighted by Gasteiger charge is -2.10. The number of aromatic nitrogens is 4. The number of benzene rings is 2. The maximum absolute atomic E-state index is 5.51. The molecule has 0 aliphatic heterocycles. The minimum Gasteiger partial charge on any atom is -0.496 e. The van der Waals surface area contributed by atoms with Crippen LogP contribution in [0.1, 0.15) is 0 Å². The second kappa shape index (κ2) is 6.66. The molecule has 3 heterocycles. The van der Waals surface area contributed by atoms with E-state index in [9.17, 15) is 0 Å². The van der Waals surface area contributed by atoms with E-state index in [2.05, 4.69) is 15.3 Å². The van der Waals surface area contributed by atoms with Gasteiger partial charge in [0.25, 0.3) is 0 Å². The minimum atomic E-state index is 0.498. The largest absolute Gasteiger partial charge is 0.496 e. The van der Waals surface area contributed by atoms with E-state index in [0.717, 1.165) is 39.1 Å². The number of anilines is 2. The lowest BCUT2D eigenvalue weighted by molar-refractivity contribution is 0.416. The van der Waals surface area contributed by atoms with E-state index >= 15 is 0 Å². The zero-order valence-corrected chi connectivity index (χ0v) is 15.2. The minimum absolute atomic E-state index is 0.498. The summed E-state index contributed by atoms with van der Waals surface area (Å²) in [5, 5.41) is 9.06. The SMILES string of the molecule is COc1ccccc1-c1ccc2cnc(Nc3cccc4cccnc34)nn12. The Bertz CT molecular complexity index is 1290. The van der Waals surface area contributed by atoms with E-state index in [4.69, 9.17) is 9.84 Å². The summed E-state index contributed by atoms with van der Waals surface area (Å²) in [6.07, 6.45) is 3.58. The monoisotopic (exact) mass is 367 g/mol. The van der Waals surface area contributed by atoms with Crippen LogP contribution in [0.5, 0.6) is 5.75 Å². The van der Waals surface area contributed by atoms with Crippen molar-refractivity contribution < 1.29 is 4.74 Å². The highest BCUT2D eigenvalue weighted by atomic mass is 16.5. The van der Waals surface area contributed by atoms with Crippen LogP contribution in [0.2, 0.25) is 0 Å². The summed E-state index contributed by atoms with van der Waals surface area (Å²) in [4.78, 5) is 8.93. The molecule has 3 aromatic heterocycles. The van der Waals surface area contributed by atoms with Crippen LogP contribution in [0.3, 0.4) is 0 Å². The van der Waals surface area contributed by atoms with Crippen LogP contribution in [0.4, 0.5) is 11.6 Å². The van der Waals surface area contributed by atoms with Gasteiger partial charge in [-0.3, -0.25) is 4.98 Å². The Morgan fingerprint density at radius 1 is 0.893 bits per heavy atom. The molecule has 0 aliphatic rings. The molecule has 136 valence electrons. The zero-order valence-electron chi connectivity index (χ0n) is 15.2. The number of fused-ring (bicyclic) bond motifs is 2. The number of nitrogens with zero attached hydrogens (tertiary/aromatic N) is 4. The Hall–Kier alpha value is -3.93. The predicted octanol–water partition coefficient (Wildman–Crippen LogP) is 4.70. The van der Waals surface area contributed by atoms with Crippen LogP contribution in [0.15, 0.2) is 79.1 Å². The van der Waals surface area contributed by atoms with Crippen LogP contribution in [-0.2, 0) is 0 Å². The number of hydrogen-bond acceptors (Lipinski definition) is 5. The standard InChI is InChI=1S/C22H17N5O/c1-28-20-10-3-2-8-17(20)19-12-11-16-14-24-22(26-27(16)19)25-18-9-4-6-15-7-5-13-23-21(15)18/h2-14H,1H3,(H,25,26). The Kier molecular flexibility index (Phi) is 3.87. The fourth-order valence-corrected chi connectivity index (χ4v) is 3.34. The highest BCUT2D eigenvalue weighted by molar-refractivity contribution is 5.91. The molecule has 2 aromatic carbocycles. The molecule has 0 atom stereocenters. The molecule has 6 heteroatoms. The average molecular weight is 367 g/mol. The highest BCUT2D eigenvalue weighted by Crippen LogP contribution is 2.31. The first-order valence-electron chi connectivity index (χ1n) is 8.92. The van der Waals surface area contributed by atoms with Gasteiger partial charge in [0.15, 0.2) is 0 Å². The second-order valence-corrected chi connectivity index (χ2v) is 6.34. The summed E-state index contributed by atoms with van der Waals surface area (Å²) in [5.41, 5.74) is 4.56. The van der Waals surface area contributed by atoms with Gasteiger partial charge in [0, 0.05) is 17.1 Å². The molecule has 1 N–H and O–H groups in total. The van der Waals surface area contributed by atoms with Gasteiger partial charge in [-0.15, -0.1) is 5.10 Å². The first-order chi connectivity index (χ1) is 13.8. The number of methoxy groups -OCH3 is 1. The van der Waals surface area contributed by atoms with Crippen molar-refractivity contribution in [1.29, 1.82) is 0 Å². The molecule has 0 spiro atoms. The summed E-state index contributed by atoms with van der Waals surface area (Å²) in [6.45, 7) is 0. The molecule has 0 saturated heterocycles. The van der Waals surface area contributed by atoms with Crippen molar-refractivity contribution in [1.82, 2.24) is 19.6 Å². The fourth-order valence-electron chi connectivity index (χ4n) is 3.34. The number of rotatable bonds is 4. The third-order valence-electron chi connectivity index (χ3n) is 4.66. The van der Waals surface area contributed by atoms with Gasteiger partial charge in [-0.05, 0) is 36.4 Å². The van der Waals surface area contributed by atoms with Crippen LogP contribution in [-0.4, -0.2) is 26.7 Å². The molecule has 0 aliphatic carbocycles. The molecule has 5 aromatic rings. The third-order valence-corrected chi connectivity index (χ3v) is 4.66. The van der Waals surface area contributed by atoms with Gasteiger partial charge in [0.1, 0.15) is 5.75 Å². The van der Waals surface area contributed by atoms with Crippen LogP contribution in [0.25, 0.3) is 27.7 Å². The summed E-state index contributed by atoms with van der Waals surface area (Å²) in [7, 11) is 1.67. The predicted molar refractivity (Wildman–Crippen MR) is 110 cm³/mol. The van der Waals surface area contributed by atoms with Gasteiger partial charge < -0.3 is 10.1 Å². The van der Waals surface area contributed by atoms with Gasteiger partial charge >= 0.3 is 0 Å². The van der Waals surface area contributed by atoms with Gasteiger partial charge in [-0.1, -0.05) is 30.3 Å². The van der Waals surface area contributed by atoms with Gasteiger partial charge in [-0.25, -0.2) is 9.50 Å². The van der Waals surface area contributed by atoms with Crippen molar-refractivity contribution in [2.75, 3.05) is 12.4 Å². The lowest BCUT2D eigenvalue weighted by Crippen LogP contribution is -2.03. The molecule has 0 radical (unpaired) electrons. The molecule has 0 amide bonds. The second-order valence-electron chi connectivity index (χ2n) is 6.34. The molecule has 6 nitrogen and oxygen atoms in total. The first-order valence-corrected chi connectivity index (χ1v) is 8.92. The van der Waals surface area contributed by atoms with E-state index < -0.39 is 0 Å². The smallest absolute Gasteiger partial charge is 0.245 e. The lowest BCUT2D eigenvalue weighted by atomic mass is 10.1. The maximum Gasteiger partial charge on any atom is 0.245 e. The van der Waals surface area contributed by atoms with Crippen LogP contribution < -0.4 is 10.1 Å². The van der Waals surface area contributed by atoms with Crippen LogP contribution >= 0.6 is 0 Å². The Balaban J connectivity index is 1.60. The zero-order chi connectivity index (χ0) is 18.9.